The van der Waals surface area contributed by atoms with Crippen molar-refractivity contribution in [3.63, 3.8) is 0 Å². The summed E-state index contributed by atoms with van der Waals surface area (Å²) in [5.41, 5.74) is 0. The molecule has 1 N–H and O–H groups in total. The van der Waals surface area contributed by atoms with Crippen molar-refractivity contribution in [2.24, 2.45) is 0 Å². The molecule has 178 valence electrons. The van der Waals surface area contributed by atoms with E-state index in [-0.39, 0.29) is 12.4 Å². The summed E-state index contributed by atoms with van der Waals surface area (Å²) < 4.78 is 2.29. The number of hydrogen-bond donors (Lipinski definition) is 1. The summed E-state index contributed by atoms with van der Waals surface area (Å²) in [6.07, 6.45) is 29.1. The number of pyridine rings is 1. The number of nitrogens with zero attached hydrogens (tertiary/aromatic N) is 1. The molecule has 0 aliphatic rings. The first-order valence-corrected chi connectivity index (χ1v) is 12.9. The first kappa shape index (κ1) is 31.6. The predicted octanol–water partition coefficient (Wildman–Crippen LogP) is 5.02. The molecule has 0 bridgehead atoms. The number of aliphatic hydroxyl groups excluding tert-OH is 1. The molecular formula is C27H52ClNO. The van der Waals surface area contributed by atoms with Crippen LogP contribution in [0, 0.1) is 0 Å². The van der Waals surface area contributed by atoms with Gasteiger partial charge in [0.25, 0.3) is 0 Å². The van der Waals surface area contributed by atoms with Gasteiger partial charge in [-0.2, -0.15) is 0 Å². The minimum absolute atomic E-state index is 0. The van der Waals surface area contributed by atoms with Gasteiger partial charge in [-0.3, -0.25) is 0 Å². The molecule has 1 aromatic rings. The van der Waals surface area contributed by atoms with E-state index in [2.05, 4.69) is 49.0 Å². The maximum absolute atomic E-state index is 8.29. The van der Waals surface area contributed by atoms with Crippen LogP contribution >= 0.6 is 0 Å². The maximum atomic E-state index is 8.29. The molecule has 0 amide bonds. The summed E-state index contributed by atoms with van der Waals surface area (Å²) in [7, 11) is 0. The van der Waals surface area contributed by atoms with Gasteiger partial charge in [-0.25, -0.2) is 4.57 Å². The highest BCUT2D eigenvalue weighted by Gasteiger charge is 1.98. The Hall–Kier alpha value is -0.600. The van der Waals surface area contributed by atoms with Crippen LogP contribution in [0.3, 0.4) is 0 Å². The standard InChI is InChI=1S/C21H38N.C6H14O.ClH/c1-2-3-4-5-6-7-8-9-10-11-12-13-14-16-19-22-20-17-15-18-21-22;1-2-3-4-5-6-7;/h15,17-18,20-21H,2-14,16,19H2,1H3;7H,2-6H2,1H3;1H/q+1;;/p-1. The van der Waals surface area contributed by atoms with Crippen molar-refractivity contribution in [1.82, 2.24) is 0 Å². The lowest BCUT2D eigenvalue weighted by molar-refractivity contribution is -0.697. The Morgan fingerprint density at radius 2 is 0.867 bits per heavy atom. The van der Waals surface area contributed by atoms with Crippen LogP contribution in [0.15, 0.2) is 30.6 Å². The van der Waals surface area contributed by atoms with E-state index in [0.717, 1.165) is 6.42 Å². The molecule has 0 spiro atoms. The van der Waals surface area contributed by atoms with E-state index in [1.54, 1.807) is 0 Å². The van der Waals surface area contributed by atoms with Crippen LogP contribution in [0.4, 0.5) is 0 Å². The molecule has 1 rings (SSSR count). The van der Waals surface area contributed by atoms with Gasteiger partial charge >= 0.3 is 0 Å². The normalized spacial score (nSPS) is 10.2. The molecule has 0 unspecified atom stereocenters. The van der Waals surface area contributed by atoms with Crippen LogP contribution in [0.2, 0.25) is 0 Å². The van der Waals surface area contributed by atoms with Crippen molar-refractivity contribution in [3.8, 4) is 0 Å². The quantitative estimate of drug-likeness (QED) is 0.236. The molecule has 1 aromatic heterocycles. The fourth-order valence-electron chi connectivity index (χ4n) is 3.61. The molecule has 0 radical (unpaired) electrons. The van der Waals surface area contributed by atoms with Gasteiger partial charge in [0, 0.05) is 25.2 Å². The Morgan fingerprint density at radius 3 is 1.27 bits per heavy atom. The highest BCUT2D eigenvalue weighted by atomic mass is 35.5. The van der Waals surface area contributed by atoms with E-state index >= 15 is 0 Å². The fraction of sp³-hybridized carbons (Fsp3) is 0.815. The second-order valence-electron chi connectivity index (χ2n) is 8.49. The topological polar surface area (TPSA) is 24.1 Å². The van der Waals surface area contributed by atoms with E-state index in [1.807, 2.05) is 0 Å². The monoisotopic (exact) mass is 441 g/mol. The van der Waals surface area contributed by atoms with Crippen LogP contribution in [0.25, 0.3) is 0 Å². The number of hydrogen-bond acceptors (Lipinski definition) is 1. The largest absolute Gasteiger partial charge is 1.00 e. The number of halogens is 1. The average molecular weight is 442 g/mol. The van der Waals surface area contributed by atoms with Gasteiger partial charge in [-0.05, 0) is 12.8 Å². The van der Waals surface area contributed by atoms with Crippen molar-refractivity contribution in [2.75, 3.05) is 6.61 Å². The molecule has 1 heterocycles. The molecule has 0 aliphatic carbocycles. The van der Waals surface area contributed by atoms with Crippen molar-refractivity contribution in [3.05, 3.63) is 30.6 Å². The lowest BCUT2D eigenvalue weighted by atomic mass is 10.0. The molecule has 3 heteroatoms. The Labute approximate surface area is 195 Å². The third kappa shape index (κ3) is 25.4. The predicted molar refractivity (Wildman–Crippen MR) is 128 cm³/mol. The average Bonchev–Trinajstić information content (AvgIpc) is 2.75. The Balaban J connectivity index is 0. The van der Waals surface area contributed by atoms with Gasteiger partial charge in [-0.1, -0.05) is 116 Å². The first-order valence-electron chi connectivity index (χ1n) is 12.9. The maximum Gasteiger partial charge on any atom is 0.168 e. The van der Waals surface area contributed by atoms with Crippen molar-refractivity contribution >= 4 is 0 Å². The first-order chi connectivity index (χ1) is 14.3. The van der Waals surface area contributed by atoms with Crippen molar-refractivity contribution in [2.45, 2.75) is 136 Å². The van der Waals surface area contributed by atoms with Crippen molar-refractivity contribution in [1.29, 1.82) is 0 Å². The fourth-order valence-corrected chi connectivity index (χ4v) is 3.61. The minimum atomic E-state index is 0. The summed E-state index contributed by atoms with van der Waals surface area (Å²) >= 11 is 0. The molecule has 0 aliphatic heterocycles. The second-order valence-corrected chi connectivity index (χ2v) is 8.49. The zero-order chi connectivity index (χ0) is 21.3. The van der Waals surface area contributed by atoms with E-state index < -0.39 is 0 Å². The van der Waals surface area contributed by atoms with Gasteiger partial charge in [0.1, 0.15) is 6.54 Å². The molecule has 0 saturated carbocycles. The van der Waals surface area contributed by atoms with Crippen molar-refractivity contribution < 1.29 is 22.1 Å². The van der Waals surface area contributed by atoms with Crippen LogP contribution in [-0.2, 0) is 6.54 Å². The van der Waals surface area contributed by atoms with E-state index in [4.69, 9.17) is 5.11 Å². The number of rotatable bonds is 19. The van der Waals surface area contributed by atoms with Crippen LogP contribution in [0.1, 0.15) is 129 Å². The van der Waals surface area contributed by atoms with E-state index in [9.17, 15) is 0 Å². The van der Waals surface area contributed by atoms with Gasteiger partial charge in [0.05, 0.1) is 0 Å². The van der Waals surface area contributed by atoms with Crippen LogP contribution in [0.5, 0.6) is 0 Å². The summed E-state index contributed by atoms with van der Waals surface area (Å²) in [6.45, 7) is 6.00. The smallest absolute Gasteiger partial charge is 0.168 e. The molecule has 0 saturated heterocycles. The summed E-state index contributed by atoms with van der Waals surface area (Å²) in [6, 6.07) is 6.31. The lowest BCUT2D eigenvalue weighted by Gasteiger charge is -2.02. The zero-order valence-electron chi connectivity index (χ0n) is 20.3. The molecule has 0 fully saturated rings. The molecule has 0 atom stereocenters. The third-order valence-electron chi connectivity index (χ3n) is 5.56. The Kier molecular flexibility index (Phi) is 29.9. The molecule has 2 nitrogen and oxygen atoms in total. The SMILES string of the molecule is CCCCCCCCCCCCCCCC[n+]1ccccc1.CCCCCCO.[Cl-]. The lowest BCUT2D eigenvalue weighted by Crippen LogP contribution is -3.00. The summed E-state index contributed by atoms with van der Waals surface area (Å²) in [5, 5.41) is 8.29. The minimum Gasteiger partial charge on any atom is -1.00 e. The Bertz CT molecular complexity index is 395. The number of aryl methyl sites for hydroxylation is 1. The highest BCUT2D eigenvalue weighted by molar-refractivity contribution is 4.83. The molecule has 0 aromatic carbocycles. The van der Waals surface area contributed by atoms with Crippen LogP contribution < -0.4 is 17.0 Å². The van der Waals surface area contributed by atoms with Crippen LogP contribution in [-0.4, -0.2) is 11.7 Å². The van der Waals surface area contributed by atoms with Gasteiger partial charge in [0.15, 0.2) is 12.4 Å². The number of aliphatic hydroxyl groups is 1. The third-order valence-corrected chi connectivity index (χ3v) is 5.56. The highest BCUT2D eigenvalue weighted by Crippen LogP contribution is 2.12. The number of aromatic nitrogens is 1. The summed E-state index contributed by atoms with van der Waals surface area (Å²) in [5.74, 6) is 0. The Morgan fingerprint density at radius 1 is 0.500 bits per heavy atom. The molecule has 30 heavy (non-hydrogen) atoms. The van der Waals surface area contributed by atoms with E-state index in [0.29, 0.717) is 6.61 Å². The summed E-state index contributed by atoms with van der Waals surface area (Å²) in [4.78, 5) is 0. The van der Waals surface area contributed by atoms with Gasteiger partial charge in [-0.15, -0.1) is 0 Å². The van der Waals surface area contributed by atoms with Gasteiger partial charge in [0.2, 0.25) is 0 Å². The number of unbranched alkanes of at least 4 members (excludes halogenated alkanes) is 16. The zero-order valence-corrected chi connectivity index (χ0v) is 21.1. The molecular weight excluding hydrogens is 390 g/mol. The second kappa shape index (κ2) is 28.4. The van der Waals surface area contributed by atoms with E-state index in [1.165, 1.54) is 116 Å². The van der Waals surface area contributed by atoms with Gasteiger partial charge < -0.3 is 17.5 Å².